The molecule has 0 aromatic carbocycles. The summed E-state index contributed by atoms with van der Waals surface area (Å²) < 4.78 is 28.2. The normalized spacial score (nSPS) is 10.5. The fourth-order valence-corrected chi connectivity index (χ4v) is 1.43. The number of ether oxygens (including phenoxy) is 1. The van der Waals surface area contributed by atoms with Crippen LogP contribution in [0.25, 0.3) is 0 Å². The molecule has 21 heavy (non-hydrogen) atoms. The van der Waals surface area contributed by atoms with Crippen LogP contribution in [-0.2, 0) is 4.74 Å². The number of amides is 1. The number of anilines is 1. The molecule has 1 amide bonds. The molecule has 1 aromatic heterocycles. The first-order valence-corrected chi connectivity index (χ1v) is 5.92. The maximum atomic E-state index is 11.9. The Bertz CT molecular complexity index is 513. The Morgan fingerprint density at radius 1 is 1.57 bits per heavy atom. The van der Waals surface area contributed by atoms with Crippen molar-refractivity contribution in [3.63, 3.8) is 0 Å². The Kier molecular flexibility index (Phi) is 6.40. The molecule has 0 radical (unpaired) electrons. The highest BCUT2D eigenvalue weighted by atomic mass is 19.3. The van der Waals surface area contributed by atoms with Crippen LogP contribution in [0.3, 0.4) is 0 Å². The number of pyridine rings is 1. The van der Waals surface area contributed by atoms with E-state index < -0.39 is 23.9 Å². The van der Waals surface area contributed by atoms with Crippen LogP contribution < -0.4 is 10.6 Å². The number of halogens is 2. The summed E-state index contributed by atoms with van der Waals surface area (Å²) in [6.07, 6.45) is -1.55. The lowest BCUT2D eigenvalue weighted by Crippen LogP contribution is -2.28. The highest BCUT2D eigenvalue weighted by molar-refractivity contribution is 5.99. The molecular formula is C11H14F2N4O4. The fourth-order valence-electron chi connectivity index (χ4n) is 1.43. The molecular weight excluding hydrogens is 290 g/mol. The predicted octanol–water partition coefficient (Wildman–Crippen LogP) is 1.04. The van der Waals surface area contributed by atoms with Gasteiger partial charge in [0, 0.05) is 19.7 Å². The van der Waals surface area contributed by atoms with Gasteiger partial charge in [0.15, 0.2) is 0 Å². The molecule has 116 valence electrons. The van der Waals surface area contributed by atoms with E-state index in [0.29, 0.717) is 0 Å². The molecule has 0 atom stereocenters. The molecule has 0 aliphatic carbocycles. The topological polar surface area (TPSA) is 106 Å². The first-order valence-electron chi connectivity index (χ1n) is 5.92. The van der Waals surface area contributed by atoms with Gasteiger partial charge in [-0.1, -0.05) is 0 Å². The number of hydrogen-bond acceptors (Lipinski definition) is 6. The molecule has 0 unspecified atom stereocenters. The zero-order chi connectivity index (χ0) is 15.8. The number of carbonyl (C=O) groups is 1. The van der Waals surface area contributed by atoms with Gasteiger partial charge in [-0.25, -0.2) is 13.8 Å². The Morgan fingerprint density at radius 3 is 2.86 bits per heavy atom. The van der Waals surface area contributed by atoms with Gasteiger partial charge >= 0.3 is 0 Å². The lowest BCUT2D eigenvalue weighted by molar-refractivity contribution is -0.385. The van der Waals surface area contributed by atoms with Crippen molar-refractivity contribution in [2.45, 2.75) is 6.43 Å². The number of nitro groups is 1. The number of rotatable bonds is 8. The maximum Gasteiger partial charge on any atom is 0.288 e. The van der Waals surface area contributed by atoms with E-state index >= 15 is 0 Å². The van der Waals surface area contributed by atoms with Gasteiger partial charge in [0.2, 0.25) is 0 Å². The zero-order valence-electron chi connectivity index (χ0n) is 11.1. The smallest absolute Gasteiger partial charge is 0.288 e. The monoisotopic (exact) mass is 304 g/mol. The summed E-state index contributed by atoms with van der Waals surface area (Å²) in [7, 11) is 1.51. The summed E-state index contributed by atoms with van der Waals surface area (Å²) in [5.41, 5.74) is -0.339. The van der Waals surface area contributed by atoms with E-state index in [1.165, 1.54) is 7.05 Å². The molecule has 1 rings (SSSR count). The van der Waals surface area contributed by atoms with Gasteiger partial charge in [0.25, 0.3) is 18.0 Å². The minimum atomic E-state index is -2.57. The van der Waals surface area contributed by atoms with Crippen molar-refractivity contribution in [1.82, 2.24) is 10.3 Å². The van der Waals surface area contributed by atoms with E-state index in [0.717, 1.165) is 12.3 Å². The van der Waals surface area contributed by atoms with E-state index in [9.17, 15) is 23.7 Å². The number of hydrogen-bond donors (Lipinski definition) is 2. The van der Waals surface area contributed by atoms with Gasteiger partial charge in [0.1, 0.15) is 18.6 Å². The summed E-state index contributed by atoms with van der Waals surface area (Å²) >= 11 is 0. The van der Waals surface area contributed by atoms with Crippen molar-refractivity contribution in [2.75, 3.05) is 32.1 Å². The van der Waals surface area contributed by atoms with Gasteiger partial charge in [-0.15, -0.1) is 0 Å². The standard InChI is InChI=1S/C11H14F2N4O4/c1-14-10-8(4-7(5-16-10)17(19)20)11(18)15-2-3-21-6-9(12)13/h4-5,9H,2-3,6H2,1H3,(H,14,16)(H,15,18). The van der Waals surface area contributed by atoms with Crippen molar-refractivity contribution < 1.29 is 23.2 Å². The second-order valence-corrected chi connectivity index (χ2v) is 3.82. The van der Waals surface area contributed by atoms with Crippen molar-refractivity contribution in [2.24, 2.45) is 0 Å². The molecule has 0 aliphatic heterocycles. The van der Waals surface area contributed by atoms with Gasteiger partial charge in [0.05, 0.1) is 17.1 Å². The fraction of sp³-hybridized carbons (Fsp3) is 0.455. The minimum absolute atomic E-state index is 0.00258. The average Bonchev–Trinajstić information content (AvgIpc) is 2.45. The molecule has 8 nitrogen and oxygen atoms in total. The van der Waals surface area contributed by atoms with E-state index in [1.54, 1.807) is 0 Å². The highest BCUT2D eigenvalue weighted by Crippen LogP contribution is 2.18. The lowest BCUT2D eigenvalue weighted by Gasteiger charge is -2.09. The van der Waals surface area contributed by atoms with Crippen molar-refractivity contribution in [1.29, 1.82) is 0 Å². The van der Waals surface area contributed by atoms with Crippen LogP contribution in [0.1, 0.15) is 10.4 Å². The first-order chi connectivity index (χ1) is 9.95. The Hall–Kier alpha value is -2.36. The van der Waals surface area contributed by atoms with E-state index in [2.05, 4.69) is 20.4 Å². The van der Waals surface area contributed by atoms with Crippen LogP contribution >= 0.6 is 0 Å². The summed E-state index contributed by atoms with van der Waals surface area (Å²) in [6, 6.07) is 1.08. The van der Waals surface area contributed by atoms with Gasteiger partial charge in [-0.3, -0.25) is 14.9 Å². The van der Waals surface area contributed by atoms with Crippen LogP contribution in [0.15, 0.2) is 12.3 Å². The molecule has 1 aromatic rings. The summed E-state index contributed by atoms with van der Waals surface area (Å²) in [5.74, 6) is -0.442. The first kappa shape index (κ1) is 16.7. The second-order valence-electron chi connectivity index (χ2n) is 3.82. The third-order valence-corrected chi connectivity index (χ3v) is 2.34. The Morgan fingerprint density at radius 2 is 2.29 bits per heavy atom. The van der Waals surface area contributed by atoms with Crippen molar-refractivity contribution in [3.8, 4) is 0 Å². The second kappa shape index (κ2) is 8.04. The van der Waals surface area contributed by atoms with E-state index in [1.807, 2.05) is 0 Å². The number of alkyl halides is 2. The largest absolute Gasteiger partial charge is 0.374 e. The van der Waals surface area contributed by atoms with Crippen LogP contribution in [0.2, 0.25) is 0 Å². The number of aromatic nitrogens is 1. The SMILES string of the molecule is CNc1ncc([N+](=O)[O-])cc1C(=O)NCCOCC(F)F. The minimum Gasteiger partial charge on any atom is -0.374 e. The quantitative estimate of drug-likeness (QED) is 0.422. The van der Waals surface area contributed by atoms with Gasteiger partial charge < -0.3 is 15.4 Å². The predicted molar refractivity (Wildman–Crippen MR) is 69.6 cm³/mol. The van der Waals surface area contributed by atoms with Crippen LogP contribution in [0, 0.1) is 10.1 Å². The Labute approximate surface area is 118 Å². The van der Waals surface area contributed by atoms with E-state index in [-0.39, 0.29) is 30.2 Å². The van der Waals surface area contributed by atoms with Gasteiger partial charge in [-0.2, -0.15) is 0 Å². The van der Waals surface area contributed by atoms with Crippen molar-refractivity contribution in [3.05, 3.63) is 27.9 Å². The lowest BCUT2D eigenvalue weighted by atomic mass is 10.2. The third kappa shape index (κ3) is 5.26. The summed E-state index contributed by atoms with van der Waals surface area (Å²) in [5, 5.41) is 15.7. The summed E-state index contributed by atoms with van der Waals surface area (Å²) in [6.45, 7) is -0.805. The highest BCUT2D eigenvalue weighted by Gasteiger charge is 2.17. The van der Waals surface area contributed by atoms with E-state index in [4.69, 9.17) is 0 Å². The van der Waals surface area contributed by atoms with Crippen LogP contribution in [0.5, 0.6) is 0 Å². The maximum absolute atomic E-state index is 11.9. The molecule has 0 bridgehead atoms. The average molecular weight is 304 g/mol. The zero-order valence-corrected chi connectivity index (χ0v) is 11.1. The number of nitrogens with one attached hydrogen (secondary N) is 2. The molecule has 1 heterocycles. The molecule has 0 spiro atoms. The molecule has 0 fully saturated rings. The van der Waals surface area contributed by atoms with Gasteiger partial charge in [-0.05, 0) is 0 Å². The molecule has 2 N–H and O–H groups in total. The number of nitrogens with zero attached hydrogens (tertiary/aromatic N) is 2. The molecule has 10 heteroatoms. The van der Waals surface area contributed by atoms with Crippen molar-refractivity contribution >= 4 is 17.4 Å². The van der Waals surface area contributed by atoms with Crippen LogP contribution in [-0.4, -0.2) is 49.0 Å². The Balaban J connectivity index is 2.63. The molecule has 0 saturated carbocycles. The van der Waals surface area contributed by atoms with Crippen LogP contribution in [0.4, 0.5) is 20.3 Å². The summed E-state index contributed by atoms with van der Waals surface area (Å²) in [4.78, 5) is 25.6. The molecule has 0 aliphatic rings. The number of carbonyl (C=O) groups excluding carboxylic acids is 1. The third-order valence-electron chi connectivity index (χ3n) is 2.34. The molecule has 0 saturated heterocycles.